The fourth-order valence-corrected chi connectivity index (χ4v) is 3.09. The maximum Gasteiger partial charge on any atom is 0.191 e. The topological polar surface area (TPSA) is 58.1 Å². The number of nitrogens with one attached hydrogen (secondary N) is 2. The summed E-state index contributed by atoms with van der Waals surface area (Å²) in [6.07, 6.45) is 3.31. The molecule has 1 aromatic rings. The van der Waals surface area contributed by atoms with Gasteiger partial charge in [0.25, 0.3) is 0 Å². The van der Waals surface area contributed by atoms with Crippen LogP contribution in [-0.2, 0) is 22.6 Å². The van der Waals surface area contributed by atoms with Crippen molar-refractivity contribution in [2.24, 2.45) is 4.99 Å². The number of unbranched alkanes of at least 4 members (excludes halogenated alkanes) is 1. The molecule has 1 aliphatic heterocycles. The van der Waals surface area contributed by atoms with Gasteiger partial charge < -0.3 is 20.1 Å². The van der Waals surface area contributed by atoms with E-state index in [1.54, 1.807) is 0 Å². The SMILES string of the molecule is CCCCOCCCNC(=NCc1cccc(CN2CCOCC2)c1)NCC.I. The largest absolute Gasteiger partial charge is 0.381 e. The molecule has 0 atom stereocenters. The molecule has 2 rings (SSSR count). The molecule has 0 amide bonds. The van der Waals surface area contributed by atoms with Gasteiger partial charge in [-0.3, -0.25) is 4.90 Å². The molecule has 0 saturated carbocycles. The van der Waals surface area contributed by atoms with Gasteiger partial charge >= 0.3 is 0 Å². The van der Waals surface area contributed by atoms with Crippen LogP contribution in [0.2, 0.25) is 0 Å². The number of hydrogen-bond acceptors (Lipinski definition) is 4. The molecule has 0 unspecified atom stereocenters. The van der Waals surface area contributed by atoms with Gasteiger partial charge in [-0.1, -0.05) is 37.6 Å². The van der Waals surface area contributed by atoms with E-state index in [4.69, 9.17) is 14.5 Å². The van der Waals surface area contributed by atoms with E-state index in [9.17, 15) is 0 Å². The van der Waals surface area contributed by atoms with Crippen molar-refractivity contribution < 1.29 is 9.47 Å². The summed E-state index contributed by atoms with van der Waals surface area (Å²) in [6.45, 7) is 13.0. The van der Waals surface area contributed by atoms with Crippen molar-refractivity contribution in [1.29, 1.82) is 0 Å². The Hall–Kier alpha value is -0.900. The Balaban J connectivity index is 0.00000420. The predicted octanol–water partition coefficient (Wildman–Crippen LogP) is 3.40. The monoisotopic (exact) mass is 518 g/mol. The summed E-state index contributed by atoms with van der Waals surface area (Å²) >= 11 is 0. The zero-order valence-electron chi connectivity index (χ0n) is 18.1. The number of ether oxygens (including phenoxy) is 2. The molecule has 0 radical (unpaired) electrons. The van der Waals surface area contributed by atoms with Crippen LogP contribution in [0.3, 0.4) is 0 Å². The second-order valence-electron chi connectivity index (χ2n) is 7.15. The minimum absolute atomic E-state index is 0. The number of rotatable bonds is 12. The lowest BCUT2D eigenvalue weighted by molar-refractivity contribution is 0.0342. The van der Waals surface area contributed by atoms with E-state index in [-0.39, 0.29) is 24.0 Å². The van der Waals surface area contributed by atoms with Gasteiger partial charge in [-0.25, -0.2) is 4.99 Å². The molecular formula is C22H39IN4O2. The molecular weight excluding hydrogens is 479 g/mol. The normalized spacial score (nSPS) is 15.0. The molecule has 0 aliphatic carbocycles. The zero-order valence-corrected chi connectivity index (χ0v) is 20.5. The third-order valence-electron chi connectivity index (χ3n) is 4.67. The first-order valence-corrected chi connectivity index (χ1v) is 10.8. The average Bonchev–Trinajstić information content (AvgIpc) is 2.72. The number of aliphatic imine (C=N–C) groups is 1. The van der Waals surface area contributed by atoms with Crippen molar-refractivity contribution >= 4 is 29.9 Å². The molecule has 0 aromatic heterocycles. The predicted molar refractivity (Wildman–Crippen MR) is 131 cm³/mol. The van der Waals surface area contributed by atoms with Gasteiger partial charge in [0.15, 0.2) is 5.96 Å². The first-order valence-electron chi connectivity index (χ1n) is 10.8. The van der Waals surface area contributed by atoms with E-state index in [1.165, 1.54) is 17.5 Å². The van der Waals surface area contributed by atoms with Crippen LogP contribution >= 0.6 is 24.0 Å². The lowest BCUT2D eigenvalue weighted by Crippen LogP contribution is -2.38. The minimum atomic E-state index is 0. The van der Waals surface area contributed by atoms with E-state index >= 15 is 0 Å². The maximum atomic E-state index is 5.61. The van der Waals surface area contributed by atoms with Crippen molar-refractivity contribution in [2.45, 2.75) is 46.2 Å². The third-order valence-corrected chi connectivity index (χ3v) is 4.67. The fraction of sp³-hybridized carbons (Fsp3) is 0.682. The lowest BCUT2D eigenvalue weighted by atomic mass is 10.1. The van der Waals surface area contributed by atoms with Crippen LogP contribution in [-0.4, -0.2) is 63.5 Å². The Morgan fingerprint density at radius 1 is 1.10 bits per heavy atom. The van der Waals surface area contributed by atoms with E-state index in [2.05, 4.69) is 53.6 Å². The number of guanidine groups is 1. The molecule has 7 heteroatoms. The Labute approximate surface area is 193 Å². The van der Waals surface area contributed by atoms with Gasteiger partial charge in [-0.05, 0) is 30.9 Å². The van der Waals surface area contributed by atoms with Gasteiger partial charge in [-0.2, -0.15) is 0 Å². The zero-order chi connectivity index (χ0) is 19.9. The fourth-order valence-electron chi connectivity index (χ4n) is 3.09. The quantitative estimate of drug-likeness (QED) is 0.192. The second-order valence-corrected chi connectivity index (χ2v) is 7.15. The number of halogens is 1. The van der Waals surface area contributed by atoms with Crippen molar-refractivity contribution in [3.8, 4) is 0 Å². The molecule has 6 nitrogen and oxygen atoms in total. The van der Waals surface area contributed by atoms with Crippen LogP contribution in [0.25, 0.3) is 0 Å². The number of hydrogen-bond donors (Lipinski definition) is 2. The number of nitrogens with zero attached hydrogens (tertiary/aromatic N) is 2. The highest BCUT2D eigenvalue weighted by atomic mass is 127. The van der Waals surface area contributed by atoms with Crippen LogP contribution in [0.1, 0.15) is 44.2 Å². The molecule has 166 valence electrons. The van der Waals surface area contributed by atoms with Crippen molar-refractivity contribution in [1.82, 2.24) is 15.5 Å². The maximum absolute atomic E-state index is 5.61. The highest BCUT2D eigenvalue weighted by Crippen LogP contribution is 2.11. The average molecular weight is 518 g/mol. The second kappa shape index (κ2) is 16.8. The summed E-state index contributed by atoms with van der Waals surface area (Å²) in [7, 11) is 0. The van der Waals surface area contributed by atoms with E-state index in [0.717, 1.165) is 78.0 Å². The summed E-state index contributed by atoms with van der Waals surface area (Å²) in [5.74, 6) is 0.870. The van der Waals surface area contributed by atoms with E-state index in [1.807, 2.05) is 0 Å². The number of benzene rings is 1. The molecule has 1 heterocycles. The van der Waals surface area contributed by atoms with Crippen molar-refractivity contribution in [2.75, 3.05) is 52.6 Å². The van der Waals surface area contributed by atoms with Crippen LogP contribution in [0.15, 0.2) is 29.3 Å². The standard InChI is InChI=1S/C22H38N4O2.HI/c1-3-5-13-27-14-7-10-24-22(23-4-2)25-18-20-8-6-9-21(17-20)19-26-11-15-28-16-12-26;/h6,8-9,17H,3-5,7,10-16,18-19H2,1-2H3,(H2,23,24,25);1H. The van der Waals surface area contributed by atoms with Gasteiger partial charge in [-0.15, -0.1) is 24.0 Å². The van der Waals surface area contributed by atoms with Gasteiger partial charge in [0.2, 0.25) is 0 Å². The highest BCUT2D eigenvalue weighted by molar-refractivity contribution is 14.0. The lowest BCUT2D eigenvalue weighted by Gasteiger charge is -2.26. The molecule has 0 spiro atoms. The van der Waals surface area contributed by atoms with Crippen molar-refractivity contribution in [3.63, 3.8) is 0 Å². The Kier molecular flexibility index (Phi) is 15.2. The minimum Gasteiger partial charge on any atom is -0.381 e. The molecule has 1 aliphatic rings. The molecule has 0 bridgehead atoms. The summed E-state index contributed by atoms with van der Waals surface area (Å²) in [5, 5.41) is 6.72. The van der Waals surface area contributed by atoms with Gasteiger partial charge in [0.1, 0.15) is 0 Å². The summed E-state index contributed by atoms with van der Waals surface area (Å²) in [4.78, 5) is 7.18. The van der Waals surface area contributed by atoms with Gasteiger partial charge in [0, 0.05) is 45.9 Å². The molecule has 1 fully saturated rings. The molecule has 1 aromatic carbocycles. The molecule has 2 N–H and O–H groups in total. The smallest absolute Gasteiger partial charge is 0.191 e. The van der Waals surface area contributed by atoms with Crippen LogP contribution in [0.4, 0.5) is 0 Å². The third kappa shape index (κ3) is 11.8. The van der Waals surface area contributed by atoms with Crippen molar-refractivity contribution in [3.05, 3.63) is 35.4 Å². The van der Waals surface area contributed by atoms with E-state index < -0.39 is 0 Å². The first-order chi connectivity index (χ1) is 13.8. The number of morpholine rings is 1. The summed E-state index contributed by atoms with van der Waals surface area (Å²) in [6, 6.07) is 8.75. The van der Waals surface area contributed by atoms with Crippen LogP contribution in [0, 0.1) is 0 Å². The Bertz CT molecular complexity index is 565. The van der Waals surface area contributed by atoms with Crippen LogP contribution in [0.5, 0.6) is 0 Å². The summed E-state index contributed by atoms with van der Waals surface area (Å²) in [5.41, 5.74) is 2.59. The molecule has 29 heavy (non-hydrogen) atoms. The first kappa shape index (κ1) is 26.1. The van der Waals surface area contributed by atoms with Gasteiger partial charge in [0.05, 0.1) is 19.8 Å². The van der Waals surface area contributed by atoms with Crippen LogP contribution < -0.4 is 10.6 Å². The van der Waals surface area contributed by atoms with E-state index in [0.29, 0.717) is 6.54 Å². The summed E-state index contributed by atoms with van der Waals surface area (Å²) < 4.78 is 11.0. The molecule has 1 saturated heterocycles. The highest BCUT2D eigenvalue weighted by Gasteiger charge is 2.10. The Morgan fingerprint density at radius 2 is 1.86 bits per heavy atom. The Morgan fingerprint density at radius 3 is 2.62 bits per heavy atom.